The van der Waals surface area contributed by atoms with E-state index in [1.54, 1.807) is 13.0 Å². The minimum absolute atomic E-state index is 0.00590. The Labute approximate surface area is 247 Å². The molecule has 0 spiro atoms. The maximum Gasteiger partial charge on any atom is 0.344 e. The Hall–Kier alpha value is -4.86. The fourth-order valence-electron chi connectivity index (χ4n) is 4.01. The number of carbonyl (C=O) groups excluding carboxylic acids is 3. The van der Waals surface area contributed by atoms with Gasteiger partial charge in [-0.15, -0.1) is 0 Å². The van der Waals surface area contributed by atoms with Gasteiger partial charge in [-0.25, -0.2) is 23.6 Å². The highest BCUT2D eigenvalue weighted by atomic mass is 19.2. The first-order valence-corrected chi connectivity index (χ1v) is 13.4. The number of rotatable bonds is 13. The average molecular weight is 595 g/mol. The van der Waals surface area contributed by atoms with Crippen LogP contribution in [0, 0.1) is 11.6 Å². The van der Waals surface area contributed by atoms with Crippen molar-refractivity contribution in [2.45, 2.75) is 46.5 Å². The van der Waals surface area contributed by atoms with Gasteiger partial charge in [0.15, 0.2) is 11.6 Å². The van der Waals surface area contributed by atoms with Gasteiger partial charge >= 0.3 is 23.5 Å². The summed E-state index contributed by atoms with van der Waals surface area (Å²) < 4.78 is 50.7. The summed E-state index contributed by atoms with van der Waals surface area (Å²) >= 11 is 0. The van der Waals surface area contributed by atoms with Crippen LogP contribution in [0.15, 0.2) is 76.0 Å². The maximum atomic E-state index is 15.1. The first kappa shape index (κ1) is 32.7. The van der Waals surface area contributed by atoms with E-state index in [-0.39, 0.29) is 46.6 Å². The molecule has 226 valence electrons. The zero-order valence-electron chi connectivity index (χ0n) is 24.3. The van der Waals surface area contributed by atoms with E-state index >= 15 is 4.39 Å². The maximum absolute atomic E-state index is 15.1. The molecule has 2 aromatic carbocycles. The molecule has 43 heavy (non-hydrogen) atoms. The zero-order chi connectivity index (χ0) is 31.8. The highest BCUT2D eigenvalue weighted by Crippen LogP contribution is 2.31. The first-order chi connectivity index (χ1) is 20.3. The van der Waals surface area contributed by atoms with Gasteiger partial charge in [0.05, 0.1) is 18.8 Å². The minimum atomic E-state index is -1.45. The van der Waals surface area contributed by atoms with Gasteiger partial charge in [-0.2, -0.15) is 4.39 Å². The Morgan fingerprint density at radius 2 is 1.35 bits per heavy atom. The second-order valence-electron chi connectivity index (χ2n) is 10.1. The SMILES string of the molecule is C=C(C)C(=O)OCCCc1cc(CCCOC(=O)C(=C)C)c2oc(=O)c(-c3ccc(OC(=O)C(=C)C)c(F)c3F)cc2c1. The number of ether oxygens (including phenoxy) is 3. The average Bonchev–Trinajstić information content (AvgIpc) is 2.95. The summed E-state index contributed by atoms with van der Waals surface area (Å²) in [6, 6.07) is 7.13. The van der Waals surface area contributed by atoms with Gasteiger partial charge in [0.1, 0.15) is 5.58 Å². The third kappa shape index (κ3) is 8.34. The quantitative estimate of drug-likeness (QED) is 0.0743. The second-order valence-corrected chi connectivity index (χ2v) is 10.1. The molecule has 1 aromatic heterocycles. The van der Waals surface area contributed by atoms with E-state index in [4.69, 9.17) is 18.6 Å². The molecule has 0 unspecified atom stereocenters. The van der Waals surface area contributed by atoms with Crippen LogP contribution in [0.1, 0.15) is 44.7 Å². The van der Waals surface area contributed by atoms with Gasteiger partial charge in [0.2, 0.25) is 5.82 Å². The van der Waals surface area contributed by atoms with Crippen molar-refractivity contribution < 1.29 is 41.8 Å². The Morgan fingerprint density at radius 1 is 0.767 bits per heavy atom. The topological polar surface area (TPSA) is 109 Å². The molecule has 0 aliphatic rings. The molecule has 0 aliphatic heterocycles. The third-order valence-electron chi connectivity index (χ3n) is 6.22. The molecule has 0 saturated heterocycles. The lowest BCUT2D eigenvalue weighted by molar-refractivity contribution is -0.139. The molecule has 0 bridgehead atoms. The van der Waals surface area contributed by atoms with Crippen LogP contribution in [-0.2, 0) is 36.7 Å². The van der Waals surface area contributed by atoms with E-state index in [0.29, 0.717) is 36.6 Å². The van der Waals surface area contributed by atoms with Crippen molar-refractivity contribution in [1.29, 1.82) is 0 Å². The smallest absolute Gasteiger partial charge is 0.344 e. The zero-order valence-corrected chi connectivity index (χ0v) is 24.3. The van der Waals surface area contributed by atoms with Gasteiger partial charge in [0.25, 0.3) is 0 Å². The van der Waals surface area contributed by atoms with Crippen molar-refractivity contribution in [3.05, 3.63) is 100.0 Å². The molecule has 8 nitrogen and oxygen atoms in total. The number of aryl methyl sites for hydroxylation is 2. The molecule has 3 rings (SSSR count). The van der Waals surface area contributed by atoms with Gasteiger partial charge in [-0.3, -0.25) is 0 Å². The van der Waals surface area contributed by atoms with E-state index in [1.165, 1.54) is 19.9 Å². The lowest BCUT2D eigenvalue weighted by Gasteiger charge is -2.12. The number of halogens is 2. The standard InChI is InChI=1S/C33H32F2O8/c1-18(2)30(36)40-13-7-9-21-15-22(10-8-14-41-31(37)19(3)4)29-23(16-21)17-25(33(39)43-29)24-11-12-26(28(35)27(24)34)42-32(38)20(5)6/h11-12,15-17H,1,3,5,7-10,13-14H2,2,4,6H3. The number of esters is 3. The lowest BCUT2D eigenvalue weighted by atomic mass is 9.98. The normalized spacial score (nSPS) is 10.7. The van der Waals surface area contributed by atoms with Crippen LogP contribution in [0.4, 0.5) is 8.78 Å². The third-order valence-corrected chi connectivity index (χ3v) is 6.22. The van der Waals surface area contributed by atoms with Crippen molar-refractivity contribution in [3.63, 3.8) is 0 Å². The van der Waals surface area contributed by atoms with E-state index < -0.39 is 40.9 Å². The summed E-state index contributed by atoms with van der Waals surface area (Å²) in [5, 5.41) is 0.442. The second kappa shape index (κ2) is 14.4. The molecule has 0 saturated carbocycles. The molecule has 0 aliphatic carbocycles. The molecule has 0 atom stereocenters. The van der Waals surface area contributed by atoms with Crippen LogP contribution in [-0.4, -0.2) is 31.1 Å². The Bertz CT molecular complexity index is 1680. The number of carbonyl (C=O) groups is 3. The van der Waals surface area contributed by atoms with Crippen LogP contribution in [0.5, 0.6) is 5.75 Å². The van der Waals surface area contributed by atoms with Crippen molar-refractivity contribution in [2.75, 3.05) is 13.2 Å². The van der Waals surface area contributed by atoms with Crippen molar-refractivity contribution >= 4 is 28.9 Å². The molecule has 0 radical (unpaired) electrons. The summed E-state index contributed by atoms with van der Waals surface area (Å²) in [5.74, 6) is -5.44. The first-order valence-electron chi connectivity index (χ1n) is 13.4. The highest BCUT2D eigenvalue weighted by Gasteiger charge is 2.21. The Balaban J connectivity index is 1.98. The molecule has 3 aromatic rings. The van der Waals surface area contributed by atoms with Crippen LogP contribution in [0.3, 0.4) is 0 Å². The van der Waals surface area contributed by atoms with Crippen molar-refractivity contribution in [1.82, 2.24) is 0 Å². The number of fused-ring (bicyclic) bond motifs is 1. The molecule has 0 amide bonds. The van der Waals surface area contributed by atoms with E-state index in [0.717, 1.165) is 17.7 Å². The minimum Gasteiger partial charge on any atom is -0.462 e. The monoisotopic (exact) mass is 594 g/mol. The Morgan fingerprint density at radius 3 is 1.93 bits per heavy atom. The van der Waals surface area contributed by atoms with Gasteiger partial charge in [0, 0.05) is 27.7 Å². The number of benzene rings is 2. The molecular weight excluding hydrogens is 562 g/mol. The van der Waals surface area contributed by atoms with Gasteiger partial charge in [-0.1, -0.05) is 25.8 Å². The van der Waals surface area contributed by atoms with Crippen molar-refractivity contribution in [2.24, 2.45) is 0 Å². The molecule has 0 fully saturated rings. The van der Waals surface area contributed by atoms with Crippen LogP contribution in [0.25, 0.3) is 22.1 Å². The fourth-order valence-corrected chi connectivity index (χ4v) is 4.01. The van der Waals surface area contributed by atoms with E-state index in [1.807, 2.05) is 6.07 Å². The highest BCUT2D eigenvalue weighted by molar-refractivity contribution is 5.89. The van der Waals surface area contributed by atoms with Crippen molar-refractivity contribution in [3.8, 4) is 16.9 Å². The predicted molar refractivity (Wildman–Crippen MR) is 156 cm³/mol. The Kier molecular flexibility index (Phi) is 10.9. The lowest BCUT2D eigenvalue weighted by Crippen LogP contribution is -2.11. The predicted octanol–water partition coefficient (Wildman–Crippen LogP) is 6.32. The van der Waals surface area contributed by atoms with Crippen LogP contribution >= 0.6 is 0 Å². The molecule has 1 heterocycles. The molecular formula is C33H32F2O8. The largest absolute Gasteiger partial charge is 0.462 e. The summed E-state index contributed by atoms with van der Waals surface area (Å²) in [6.07, 6.45) is 1.74. The summed E-state index contributed by atoms with van der Waals surface area (Å²) in [4.78, 5) is 48.2. The summed E-state index contributed by atoms with van der Waals surface area (Å²) in [7, 11) is 0. The van der Waals surface area contributed by atoms with Crippen LogP contribution < -0.4 is 10.4 Å². The van der Waals surface area contributed by atoms with E-state index in [2.05, 4.69) is 19.7 Å². The molecule has 0 N–H and O–H groups in total. The van der Waals surface area contributed by atoms with Gasteiger partial charge < -0.3 is 18.6 Å². The fraction of sp³-hybridized carbons (Fsp3) is 0.273. The van der Waals surface area contributed by atoms with Gasteiger partial charge in [-0.05, 0) is 81.8 Å². The number of hydrogen-bond acceptors (Lipinski definition) is 8. The summed E-state index contributed by atoms with van der Waals surface area (Å²) in [6.45, 7) is 15.2. The number of hydrogen-bond donors (Lipinski definition) is 0. The van der Waals surface area contributed by atoms with Crippen LogP contribution in [0.2, 0.25) is 0 Å². The molecule has 10 heteroatoms. The van der Waals surface area contributed by atoms with E-state index in [9.17, 15) is 23.6 Å². The summed E-state index contributed by atoms with van der Waals surface area (Å²) in [5.41, 5.74) is 0.698.